The average molecular weight is 231 g/mol. The van der Waals surface area contributed by atoms with Crippen LogP contribution in [-0.2, 0) is 0 Å². The monoisotopic (exact) mass is 231 g/mol. The smallest absolute Gasteiger partial charge is 0.0196 e. The van der Waals surface area contributed by atoms with Gasteiger partial charge in [0.15, 0.2) is 0 Å². The van der Waals surface area contributed by atoms with Crippen LogP contribution in [0.2, 0.25) is 0 Å². The molecule has 1 N–H and O–H groups in total. The first kappa shape index (κ1) is 11.4. The van der Waals surface area contributed by atoms with E-state index in [1.807, 2.05) is 18.4 Å². The lowest BCUT2D eigenvalue weighted by atomic mass is 9.94. The van der Waals surface area contributed by atoms with Crippen molar-refractivity contribution in [1.29, 1.82) is 0 Å². The molecule has 0 bridgehead atoms. The molecule has 0 spiro atoms. The van der Waals surface area contributed by atoms with Crippen LogP contribution < -0.4 is 5.32 Å². The van der Waals surface area contributed by atoms with Crippen LogP contribution in [-0.4, -0.2) is 13.6 Å². The molecule has 0 fully saturated rings. The minimum absolute atomic E-state index is 0.536. The molecule has 1 aromatic heterocycles. The summed E-state index contributed by atoms with van der Waals surface area (Å²) >= 11 is 1.85. The van der Waals surface area contributed by atoms with Gasteiger partial charge >= 0.3 is 0 Å². The van der Waals surface area contributed by atoms with Crippen molar-refractivity contribution in [2.75, 3.05) is 13.6 Å². The van der Waals surface area contributed by atoms with Gasteiger partial charge in [-0.25, -0.2) is 0 Å². The fourth-order valence-corrected chi connectivity index (χ4v) is 2.83. The Labute approximate surface area is 101 Å². The molecule has 16 heavy (non-hydrogen) atoms. The second-order valence-corrected chi connectivity index (χ2v) is 4.85. The van der Waals surface area contributed by atoms with Gasteiger partial charge in [0.2, 0.25) is 0 Å². The van der Waals surface area contributed by atoms with Gasteiger partial charge in [-0.05, 0) is 37.0 Å². The highest BCUT2D eigenvalue weighted by Crippen LogP contribution is 2.30. The zero-order valence-corrected chi connectivity index (χ0v) is 10.3. The van der Waals surface area contributed by atoms with Gasteiger partial charge in [0.1, 0.15) is 0 Å². The molecule has 0 saturated heterocycles. The summed E-state index contributed by atoms with van der Waals surface area (Å²) in [6.45, 7) is 1.05. The van der Waals surface area contributed by atoms with Crippen molar-refractivity contribution in [3.8, 4) is 0 Å². The van der Waals surface area contributed by atoms with E-state index in [0.29, 0.717) is 5.92 Å². The van der Waals surface area contributed by atoms with Crippen LogP contribution in [0.1, 0.15) is 22.8 Å². The molecule has 2 aromatic rings. The van der Waals surface area contributed by atoms with Crippen molar-refractivity contribution in [2.24, 2.45) is 0 Å². The van der Waals surface area contributed by atoms with E-state index in [0.717, 1.165) is 13.0 Å². The summed E-state index contributed by atoms with van der Waals surface area (Å²) in [6.07, 6.45) is 1.15. The van der Waals surface area contributed by atoms with Crippen molar-refractivity contribution in [3.63, 3.8) is 0 Å². The first-order valence-electron chi connectivity index (χ1n) is 5.65. The fraction of sp³-hybridized carbons (Fsp3) is 0.286. The quantitative estimate of drug-likeness (QED) is 0.830. The molecule has 0 aliphatic heterocycles. The largest absolute Gasteiger partial charge is 0.320 e. The van der Waals surface area contributed by atoms with Gasteiger partial charge < -0.3 is 5.32 Å². The van der Waals surface area contributed by atoms with E-state index in [4.69, 9.17) is 0 Å². The number of hydrogen-bond acceptors (Lipinski definition) is 2. The van der Waals surface area contributed by atoms with Crippen molar-refractivity contribution < 1.29 is 0 Å². The third kappa shape index (κ3) is 2.71. The molecule has 0 aliphatic carbocycles. The lowest BCUT2D eigenvalue weighted by Crippen LogP contribution is -2.12. The van der Waals surface area contributed by atoms with E-state index >= 15 is 0 Å². The van der Waals surface area contributed by atoms with Crippen LogP contribution in [0.15, 0.2) is 47.8 Å². The second kappa shape index (κ2) is 5.83. The summed E-state index contributed by atoms with van der Waals surface area (Å²) in [5.74, 6) is 0.536. The number of thiophene rings is 1. The summed E-state index contributed by atoms with van der Waals surface area (Å²) in [5.41, 5.74) is 1.42. The Morgan fingerprint density at radius 2 is 1.94 bits per heavy atom. The summed E-state index contributed by atoms with van der Waals surface area (Å²) in [5, 5.41) is 5.39. The highest BCUT2D eigenvalue weighted by atomic mass is 32.1. The second-order valence-electron chi connectivity index (χ2n) is 3.87. The topological polar surface area (TPSA) is 12.0 Å². The summed E-state index contributed by atoms with van der Waals surface area (Å²) < 4.78 is 0. The Morgan fingerprint density at radius 1 is 1.12 bits per heavy atom. The summed E-state index contributed by atoms with van der Waals surface area (Å²) in [4.78, 5) is 1.46. The third-order valence-electron chi connectivity index (χ3n) is 2.77. The molecule has 1 nitrogen and oxygen atoms in total. The molecule has 0 saturated carbocycles. The zero-order chi connectivity index (χ0) is 11.2. The Kier molecular flexibility index (Phi) is 4.14. The van der Waals surface area contributed by atoms with E-state index in [-0.39, 0.29) is 0 Å². The molecular formula is C14H17NS. The standard InChI is InChI=1S/C14H17NS/c1-15-10-9-13(14-8-5-11-16-14)12-6-3-2-4-7-12/h2-8,11,13,15H,9-10H2,1H3. The Balaban J connectivity index is 2.21. The highest BCUT2D eigenvalue weighted by Gasteiger charge is 2.13. The molecule has 0 aliphatic rings. The Morgan fingerprint density at radius 3 is 2.56 bits per heavy atom. The molecule has 0 radical (unpaired) electrons. The van der Waals surface area contributed by atoms with Gasteiger partial charge in [0.25, 0.3) is 0 Å². The lowest BCUT2D eigenvalue weighted by molar-refractivity contribution is 0.668. The van der Waals surface area contributed by atoms with Gasteiger partial charge in [-0.3, -0.25) is 0 Å². The molecule has 2 heteroatoms. The maximum absolute atomic E-state index is 3.23. The van der Waals surface area contributed by atoms with Crippen molar-refractivity contribution >= 4 is 11.3 Å². The van der Waals surface area contributed by atoms with Crippen LogP contribution in [0.3, 0.4) is 0 Å². The number of hydrogen-bond donors (Lipinski definition) is 1. The van der Waals surface area contributed by atoms with Crippen molar-refractivity contribution in [1.82, 2.24) is 5.32 Å². The Bertz CT molecular complexity index is 394. The highest BCUT2D eigenvalue weighted by molar-refractivity contribution is 7.10. The number of benzene rings is 1. The minimum Gasteiger partial charge on any atom is -0.320 e. The van der Waals surface area contributed by atoms with E-state index in [1.54, 1.807) is 0 Å². The van der Waals surface area contributed by atoms with E-state index in [1.165, 1.54) is 10.4 Å². The predicted molar refractivity (Wildman–Crippen MR) is 71.1 cm³/mol. The fourth-order valence-electron chi connectivity index (χ4n) is 1.94. The maximum atomic E-state index is 3.23. The first-order valence-corrected chi connectivity index (χ1v) is 6.52. The number of nitrogens with one attached hydrogen (secondary N) is 1. The van der Waals surface area contributed by atoms with Gasteiger partial charge in [0, 0.05) is 10.8 Å². The lowest BCUT2D eigenvalue weighted by Gasteiger charge is -2.15. The van der Waals surface area contributed by atoms with Crippen LogP contribution in [0, 0.1) is 0 Å². The molecule has 2 rings (SSSR count). The van der Waals surface area contributed by atoms with Crippen LogP contribution >= 0.6 is 11.3 Å². The third-order valence-corrected chi connectivity index (χ3v) is 3.76. The van der Waals surface area contributed by atoms with Gasteiger partial charge in [-0.15, -0.1) is 11.3 Å². The normalized spacial score (nSPS) is 12.6. The predicted octanol–water partition coefficient (Wildman–Crippen LogP) is 3.49. The SMILES string of the molecule is CNCCC(c1ccccc1)c1cccs1. The number of rotatable bonds is 5. The molecular weight excluding hydrogens is 214 g/mol. The molecule has 0 amide bonds. The van der Waals surface area contributed by atoms with E-state index in [9.17, 15) is 0 Å². The average Bonchev–Trinajstić information content (AvgIpc) is 2.85. The molecule has 1 heterocycles. The Hall–Kier alpha value is -1.12. The maximum Gasteiger partial charge on any atom is 0.0196 e. The van der Waals surface area contributed by atoms with Crippen molar-refractivity contribution in [3.05, 3.63) is 58.3 Å². The van der Waals surface area contributed by atoms with Gasteiger partial charge in [0.05, 0.1) is 0 Å². The molecule has 1 atom stereocenters. The summed E-state index contributed by atoms with van der Waals surface area (Å²) in [6, 6.07) is 15.1. The van der Waals surface area contributed by atoms with Gasteiger partial charge in [-0.2, -0.15) is 0 Å². The van der Waals surface area contributed by atoms with E-state index in [2.05, 4.69) is 53.2 Å². The summed E-state index contributed by atoms with van der Waals surface area (Å²) in [7, 11) is 2.01. The van der Waals surface area contributed by atoms with Crippen LogP contribution in [0.5, 0.6) is 0 Å². The first-order chi connectivity index (χ1) is 7.92. The minimum atomic E-state index is 0.536. The zero-order valence-electron chi connectivity index (χ0n) is 9.52. The van der Waals surface area contributed by atoms with Crippen LogP contribution in [0.4, 0.5) is 0 Å². The van der Waals surface area contributed by atoms with Gasteiger partial charge in [-0.1, -0.05) is 36.4 Å². The van der Waals surface area contributed by atoms with Crippen LogP contribution in [0.25, 0.3) is 0 Å². The molecule has 1 aromatic carbocycles. The molecule has 1 unspecified atom stereocenters. The van der Waals surface area contributed by atoms with E-state index < -0.39 is 0 Å². The molecule has 84 valence electrons. The van der Waals surface area contributed by atoms with Crippen molar-refractivity contribution in [2.45, 2.75) is 12.3 Å².